The largest absolute Gasteiger partial charge is 0.461 e. The number of benzene rings is 1. The number of nitrogens with one attached hydrogen (secondary N) is 4. The van der Waals surface area contributed by atoms with Crippen molar-refractivity contribution in [2.24, 2.45) is 23.0 Å². The number of aryl methyl sites for hydroxylation is 1. The lowest BCUT2D eigenvalue weighted by atomic mass is 9.89. The molecule has 7 N–H and O–H groups in total. The molecular weight excluding hydrogens is 969 g/mol. The minimum absolute atomic E-state index is 0.0151. The molecule has 1 aromatic heterocycles. The van der Waals surface area contributed by atoms with Gasteiger partial charge in [-0.1, -0.05) is 52.0 Å². The van der Waals surface area contributed by atoms with Crippen LogP contribution in [0, 0.1) is 17.3 Å². The number of rotatable bonds is 47. The van der Waals surface area contributed by atoms with Gasteiger partial charge in [0.1, 0.15) is 6.61 Å². The molecule has 0 radical (unpaired) electrons. The molecule has 74 heavy (non-hydrogen) atoms. The summed E-state index contributed by atoms with van der Waals surface area (Å²) in [6.45, 7) is 19.3. The summed E-state index contributed by atoms with van der Waals surface area (Å²) in [5, 5.41) is 25.0. The number of primary amides is 1. The number of carbonyl (C=O) groups is 5. The van der Waals surface area contributed by atoms with Crippen molar-refractivity contribution in [3.63, 3.8) is 0 Å². The SMILES string of the molecule is CC(C)[C@H](NC(=O)CNO)C(=O)C[C@@H](CCCNC(N)=O)C(=O)Nc1ccc(COC(=O)CCc2cn(CCOCCOCCOCCOCCOCCOCCOCCOCCOCCC(C)(C)C)nn2)cc1. The highest BCUT2D eigenvalue weighted by molar-refractivity contribution is 5.97. The first-order valence-electron chi connectivity index (χ1n) is 25.5. The van der Waals surface area contributed by atoms with Crippen LogP contribution in [0.4, 0.5) is 10.5 Å². The fourth-order valence-corrected chi connectivity index (χ4v) is 6.53. The van der Waals surface area contributed by atoms with E-state index in [1.54, 1.807) is 54.5 Å². The molecule has 4 amide bonds. The van der Waals surface area contributed by atoms with Crippen molar-refractivity contribution in [2.75, 3.05) is 137 Å². The molecule has 2 rings (SSSR count). The van der Waals surface area contributed by atoms with Gasteiger partial charge in [0.15, 0.2) is 5.78 Å². The van der Waals surface area contributed by atoms with E-state index >= 15 is 0 Å². The van der Waals surface area contributed by atoms with Crippen LogP contribution in [0.3, 0.4) is 0 Å². The molecule has 2 atom stereocenters. The monoisotopic (exact) mass is 1050 g/mol. The maximum atomic E-state index is 13.4. The zero-order valence-corrected chi connectivity index (χ0v) is 44.4. The Hall–Kier alpha value is -4.73. The van der Waals surface area contributed by atoms with Crippen LogP contribution in [-0.4, -0.2) is 188 Å². The number of aromatic nitrogens is 3. The fraction of sp³-hybridized carbons (Fsp3) is 0.740. The molecule has 24 nitrogen and oxygen atoms in total. The molecule has 0 aliphatic carbocycles. The number of carbonyl (C=O) groups excluding carboxylic acids is 5. The predicted molar refractivity (Wildman–Crippen MR) is 271 cm³/mol. The number of nitrogens with zero attached hydrogens (tertiary/aromatic N) is 3. The predicted octanol–water partition coefficient (Wildman–Crippen LogP) is 2.62. The van der Waals surface area contributed by atoms with E-state index in [1.807, 2.05) is 0 Å². The average molecular weight is 1060 g/mol. The fourth-order valence-electron chi connectivity index (χ4n) is 6.53. The van der Waals surface area contributed by atoms with Gasteiger partial charge < -0.3 is 74.3 Å². The summed E-state index contributed by atoms with van der Waals surface area (Å²) >= 11 is 0. The van der Waals surface area contributed by atoms with Crippen molar-refractivity contribution in [3.8, 4) is 0 Å². The number of hydrogen-bond acceptors (Lipinski definition) is 19. The van der Waals surface area contributed by atoms with Crippen LogP contribution in [0.5, 0.6) is 0 Å². The van der Waals surface area contributed by atoms with E-state index in [0.717, 1.165) is 13.0 Å². The molecule has 1 aromatic carbocycles. The summed E-state index contributed by atoms with van der Waals surface area (Å²) < 4.78 is 56.9. The number of hydrogen-bond donors (Lipinski definition) is 6. The van der Waals surface area contributed by atoms with E-state index in [4.69, 9.17) is 58.3 Å². The van der Waals surface area contributed by atoms with Gasteiger partial charge >= 0.3 is 12.0 Å². The lowest BCUT2D eigenvalue weighted by Crippen LogP contribution is -2.48. The van der Waals surface area contributed by atoms with E-state index in [9.17, 15) is 24.0 Å². The number of ketones is 1. The molecule has 0 spiro atoms. The summed E-state index contributed by atoms with van der Waals surface area (Å²) in [5.74, 6) is -2.83. The zero-order chi connectivity index (χ0) is 54.1. The summed E-state index contributed by atoms with van der Waals surface area (Å²) in [6, 6.07) is 5.14. The number of hydroxylamine groups is 1. The standard InChI is InChI=1S/C50H86N8O16/c1-39(2)47(55-45(60)36-53-64)44(59)35-41(7-6-15-52-49(51)63)48(62)54-42-10-8-40(9-11-42)38-74-46(61)13-12-43-37-58(57-56-43)16-18-66-20-22-68-24-26-70-28-30-72-32-34-73-33-31-71-29-27-69-25-23-67-21-19-65-17-14-50(3,4)5/h8-11,37,39,41,47,53,64H,6-7,12-36,38H2,1-5H3,(H,54,62)(H,55,60)(H3,51,52,63)/t41-,47+/m1/s1. The maximum absolute atomic E-state index is 13.4. The Kier molecular flexibility index (Phi) is 36.7. The maximum Gasteiger partial charge on any atom is 0.312 e. The second kappa shape index (κ2) is 41.5. The first-order chi connectivity index (χ1) is 35.7. The molecule has 24 heteroatoms. The van der Waals surface area contributed by atoms with E-state index in [1.165, 1.54) is 0 Å². The van der Waals surface area contributed by atoms with Crippen LogP contribution in [-0.2, 0) is 86.1 Å². The Morgan fingerprint density at radius 3 is 1.69 bits per heavy atom. The third-order valence-electron chi connectivity index (χ3n) is 10.6. The number of esters is 1. The number of anilines is 1. The van der Waals surface area contributed by atoms with Crippen LogP contribution in [0.1, 0.15) is 78.0 Å². The number of nitrogens with two attached hydrogens (primary N) is 1. The van der Waals surface area contributed by atoms with Crippen molar-refractivity contribution >= 4 is 35.3 Å². The zero-order valence-electron chi connectivity index (χ0n) is 44.4. The third-order valence-corrected chi connectivity index (χ3v) is 10.6. The summed E-state index contributed by atoms with van der Waals surface area (Å²) in [5.41, 5.74) is 8.98. The minimum atomic E-state index is -0.878. The first kappa shape index (κ1) is 65.4. The molecule has 2 aromatic rings. The van der Waals surface area contributed by atoms with Crippen molar-refractivity contribution in [2.45, 2.75) is 92.3 Å². The summed E-state index contributed by atoms with van der Waals surface area (Å²) in [7, 11) is 0. The Balaban J connectivity index is 1.47. The molecule has 0 fully saturated rings. The van der Waals surface area contributed by atoms with Gasteiger partial charge in [-0.15, -0.1) is 5.10 Å². The van der Waals surface area contributed by atoms with Gasteiger partial charge in [-0.05, 0) is 48.3 Å². The van der Waals surface area contributed by atoms with Crippen LogP contribution in [0.2, 0.25) is 0 Å². The number of amides is 4. The van der Waals surface area contributed by atoms with Crippen molar-refractivity contribution in [1.82, 2.24) is 31.1 Å². The number of urea groups is 1. The molecule has 0 saturated carbocycles. The minimum Gasteiger partial charge on any atom is -0.461 e. The molecular formula is C50H86N8O16. The summed E-state index contributed by atoms with van der Waals surface area (Å²) in [6.07, 6.45) is 3.68. The Labute approximate surface area is 436 Å². The van der Waals surface area contributed by atoms with E-state index in [-0.39, 0.29) is 49.5 Å². The highest BCUT2D eigenvalue weighted by atomic mass is 16.6. The van der Waals surface area contributed by atoms with Crippen molar-refractivity contribution in [3.05, 3.63) is 41.7 Å². The highest BCUT2D eigenvalue weighted by Gasteiger charge is 2.29. The lowest BCUT2D eigenvalue weighted by Gasteiger charge is -2.24. The normalized spacial score (nSPS) is 12.4. The topological polar surface area (TPSA) is 303 Å². The van der Waals surface area contributed by atoms with Gasteiger partial charge in [0.25, 0.3) is 0 Å². The quantitative estimate of drug-likeness (QED) is 0.0315. The van der Waals surface area contributed by atoms with Crippen molar-refractivity contribution in [1.29, 1.82) is 0 Å². The van der Waals surface area contributed by atoms with E-state index in [0.29, 0.717) is 149 Å². The molecule has 0 aliphatic heterocycles. The Bertz CT molecular complexity index is 1800. The molecule has 422 valence electrons. The van der Waals surface area contributed by atoms with Gasteiger partial charge in [-0.25, -0.2) is 9.48 Å². The molecule has 0 bridgehead atoms. The van der Waals surface area contributed by atoms with Crippen LogP contribution in [0.25, 0.3) is 0 Å². The van der Waals surface area contributed by atoms with Gasteiger partial charge in [-0.3, -0.25) is 19.2 Å². The first-order valence-corrected chi connectivity index (χ1v) is 25.5. The van der Waals surface area contributed by atoms with Gasteiger partial charge in [-0.2, -0.15) is 5.48 Å². The van der Waals surface area contributed by atoms with Gasteiger partial charge in [0.2, 0.25) is 11.8 Å². The van der Waals surface area contributed by atoms with Gasteiger partial charge in [0, 0.05) is 43.8 Å². The Morgan fingerprint density at radius 1 is 0.716 bits per heavy atom. The van der Waals surface area contributed by atoms with Crippen LogP contribution < -0.4 is 27.2 Å². The van der Waals surface area contributed by atoms with E-state index in [2.05, 4.69) is 47.0 Å². The highest BCUT2D eigenvalue weighted by Crippen LogP contribution is 2.20. The smallest absolute Gasteiger partial charge is 0.312 e. The lowest BCUT2D eigenvalue weighted by molar-refractivity contribution is -0.145. The molecule has 0 unspecified atom stereocenters. The molecule has 0 saturated heterocycles. The van der Waals surface area contributed by atoms with E-state index < -0.39 is 42.3 Å². The van der Waals surface area contributed by atoms with Crippen LogP contribution >= 0.6 is 0 Å². The summed E-state index contributed by atoms with van der Waals surface area (Å²) in [4.78, 5) is 62.4. The second-order valence-electron chi connectivity index (χ2n) is 18.6. The molecule has 0 aliphatic rings. The third kappa shape index (κ3) is 35.5. The Morgan fingerprint density at radius 2 is 1.22 bits per heavy atom. The molecule has 1 heterocycles. The van der Waals surface area contributed by atoms with Gasteiger partial charge in [0.05, 0.1) is 144 Å². The number of ether oxygens (including phenoxy) is 10. The average Bonchev–Trinajstić information content (AvgIpc) is 3.82. The van der Waals surface area contributed by atoms with Crippen molar-refractivity contribution < 1.29 is 76.5 Å². The van der Waals surface area contributed by atoms with Crippen LogP contribution in [0.15, 0.2) is 30.5 Å². The second-order valence-corrected chi connectivity index (χ2v) is 18.6. The number of Topliss-reactive ketones (excluding diaryl/α,β-unsaturated/α-hetero) is 1.